The van der Waals surface area contributed by atoms with E-state index in [1.807, 2.05) is 45.9 Å². The third-order valence-electron chi connectivity index (χ3n) is 8.47. The van der Waals surface area contributed by atoms with E-state index in [1.165, 1.54) is 23.2 Å². The number of β-amino-alcohol motifs (C(OH)–C–C–N with tert-alkyl or cyclic N) is 1. The van der Waals surface area contributed by atoms with Crippen molar-refractivity contribution >= 4 is 35.0 Å². The normalized spacial score (nSPS) is 16.3. The van der Waals surface area contributed by atoms with Crippen molar-refractivity contribution in [1.29, 1.82) is 0 Å². The van der Waals surface area contributed by atoms with Gasteiger partial charge in [0.2, 0.25) is 17.7 Å². The number of ether oxygens (including phenoxy) is 7. The molecule has 3 amide bonds. The molecule has 0 spiro atoms. The van der Waals surface area contributed by atoms with Gasteiger partial charge >= 0.3 is 5.97 Å². The maximum absolute atomic E-state index is 13.6. The molecule has 3 rings (SSSR count). The number of carbonyl (C=O) groups excluding carboxylic acids is 4. The lowest BCUT2D eigenvalue weighted by molar-refractivity contribution is -0.160. The van der Waals surface area contributed by atoms with Gasteiger partial charge in [0.05, 0.1) is 81.6 Å². The molecule has 0 bridgehead atoms. The molecule has 3 N–H and O–H groups in total. The number of thiazole rings is 1. The van der Waals surface area contributed by atoms with E-state index in [-0.39, 0.29) is 45.2 Å². The average molecular weight is 823 g/mol. The van der Waals surface area contributed by atoms with Crippen LogP contribution in [-0.4, -0.2) is 142 Å². The first kappa shape index (κ1) is 47.7. The number of nitrogens with zero attached hydrogens (tertiary/aromatic N) is 2. The fourth-order valence-electron chi connectivity index (χ4n) is 5.80. The molecule has 1 aromatic carbocycles. The molecule has 320 valence electrons. The number of aliphatic hydroxyl groups is 1. The Morgan fingerprint density at radius 2 is 1.47 bits per heavy atom. The standard InChI is InChI=1S/C40H62N4O12S/c1-27-35(57-26-42-27)29-9-10-30(23-41-37(48)32-22-31(46)24-44(32)38(49)36(39(3,4)5)43-28(2)45)33(21-29)55-20-19-53-16-15-51-12-11-50-13-14-52-17-18-54-25-34(47)56-40(6,7)8/h9-10,21,26,31-32,36,46H,11-20,22-25H2,1-8H3,(H,41,48)(H,43,45)/t31-,32+,36-/m1/s1. The van der Waals surface area contributed by atoms with Gasteiger partial charge < -0.3 is 53.8 Å². The zero-order valence-corrected chi connectivity index (χ0v) is 35.5. The number of hydrogen-bond acceptors (Lipinski definition) is 14. The second-order valence-electron chi connectivity index (χ2n) is 15.6. The molecular weight excluding hydrogens is 761 g/mol. The first-order valence-electron chi connectivity index (χ1n) is 19.3. The molecule has 0 radical (unpaired) electrons. The Kier molecular flexibility index (Phi) is 19.8. The van der Waals surface area contributed by atoms with Crippen LogP contribution in [0.4, 0.5) is 0 Å². The lowest BCUT2D eigenvalue weighted by Gasteiger charge is -2.35. The van der Waals surface area contributed by atoms with Crippen molar-refractivity contribution in [2.75, 3.05) is 79.2 Å². The molecule has 2 heterocycles. The highest BCUT2D eigenvalue weighted by Gasteiger charge is 2.44. The molecule has 0 unspecified atom stereocenters. The summed E-state index contributed by atoms with van der Waals surface area (Å²) in [4.78, 5) is 57.4. The molecular formula is C40H62N4O12S. The number of aliphatic hydroxyl groups excluding tert-OH is 1. The van der Waals surface area contributed by atoms with Crippen LogP contribution in [0.15, 0.2) is 23.7 Å². The number of aromatic nitrogens is 1. The Morgan fingerprint density at radius 3 is 2.00 bits per heavy atom. The molecule has 1 aromatic heterocycles. The predicted octanol–water partition coefficient (Wildman–Crippen LogP) is 3.05. The highest BCUT2D eigenvalue weighted by molar-refractivity contribution is 7.13. The summed E-state index contributed by atoms with van der Waals surface area (Å²) in [6, 6.07) is 3.97. The van der Waals surface area contributed by atoms with Gasteiger partial charge in [-0.25, -0.2) is 9.78 Å². The molecule has 3 atom stereocenters. The monoisotopic (exact) mass is 822 g/mol. The summed E-state index contributed by atoms with van der Waals surface area (Å²) in [6.45, 7) is 17.7. The van der Waals surface area contributed by atoms with Crippen LogP contribution in [0.25, 0.3) is 10.4 Å². The van der Waals surface area contributed by atoms with Gasteiger partial charge in [-0.15, -0.1) is 11.3 Å². The molecule has 0 saturated carbocycles. The minimum atomic E-state index is -0.902. The maximum Gasteiger partial charge on any atom is 0.332 e. The van der Waals surface area contributed by atoms with E-state index in [9.17, 15) is 24.3 Å². The Labute approximate surface area is 340 Å². The highest BCUT2D eigenvalue weighted by atomic mass is 32.1. The average Bonchev–Trinajstić information content (AvgIpc) is 3.74. The summed E-state index contributed by atoms with van der Waals surface area (Å²) in [5.74, 6) is -1.03. The van der Waals surface area contributed by atoms with Gasteiger partial charge in [-0.1, -0.05) is 32.9 Å². The third-order valence-corrected chi connectivity index (χ3v) is 9.44. The van der Waals surface area contributed by atoms with E-state index in [1.54, 1.807) is 26.3 Å². The Morgan fingerprint density at radius 1 is 0.895 bits per heavy atom. The van der Waals surface area contributed by atoms with Crippen molar-refractivity contribution in [1.82, 2.24) is 20.5 Å². The second-order valence-corrected chi connectivity index (χ2v) is 16.5. The third kappa shape index (κ3) is 17.4. The smallest absolute Gasteiger partial charge is 0.332 e. The number of nitrogens with one attached hydrogen (secondary N) is 2. The SMILES string of the molecule is CC(=O)N[C@H](C(=O)N1C[C@H](O)C[C@H]1C(=O)NCc1ccc(-c2scnc2C)cc1OCCOCCOCCOCCOCCOCC(=O)OC(C)(C)C)C(C)(C)C. The van der Waals surface area contributed by atoms with Gasteiger partial charge in [-0.2, -0.15) is 0 Å². The number of benzene rings is 1. The van der Waals surface area contributed by atoms with Crippen molar-refractivity contribution in [3.05, 3.63) is 35.0 Å². The molecule has 2 aromatic rings. The highest BCUT2D eigenvalue weighted by Crippen LogP contribution is 2.32. The summed E-state index contributed by atoms with van der Waals surface area (Å²) in [5.41, 5.74) is 3.17. The first-order chi connectivity index (χ1) is 27.0. The molecule has 1 fully saturated rings. The summed E-state index contributed by atoms with van der Waals surface area (Å²) < 4.78 is 38.8. The molecule has 16 nitrogen and oxygen atoms in total. The molecule has 0 aliphatic carbocycles. The maximum atomic E-state index is 13.6. The van der Waals surface area contributed by atoms with E-state index in [0.717, 1.165) is 21.7 Å². The minimum Gasteiger partial charge on any atom is -0.491 e. The lowest BCUT2D eigenvalue weighted by atomic mass is 9.85. The second kappa shape index (κ2) is 23.6. The topological polar surface area (TPSA) is 193 Å². The summed E-state index contributed by atoms with van der Waals surface area (Å²) in [7, 11) is 0. The van der Waals surface area contributed by atoms with Crippen molar-refractivity contribution in [3.8, 4) is 16.2 Å². The quantitative estimate of drug-likeness (QED) is 0.104. The van der Waals surface area contributed by atoms with Crippen LogP contribution in [0, 0.1) is 12.3 Å². The van der Waals surface area contributed by atoms with Gasteiger partial charge in [0.1, 0.15) is 36.6 Å². The minimum absolute atomic E-state index is 0.00695. The Balaban J connectivity index is 1.40. The number of esters is 1. The largest absolute Gasteiger partial charge is 0.491 e. The van der Waals surface area contributed by atoms with Crippen LogP contribution >= 0.6 is 11.3 Å². The van der Waals surface area contributed by atoms with Gasteiger partial charge in [0.15, 0.2) is 0 Å². The summed E-state index contributed by atoms with van der Waals surface area (Å²) in [5, 5.41) is 16.1. The molecule has 1 aliphatic heterocycles. The predicted molar refractivity (Wildman–Crippen MR) is 213 cm³/mol. The van der Waals surface area contributed by atoms with E-state index < -0.39 is 47.0 Å². The molecule has 17 heteroatoms. The van der Waals surface area contributed by atoms with Crippen molar-refractivity contribution < 1.29 is 57.4 Å². The Bertz CT molecular complexity index is 1570. The molecule has 57 heavy (non-hydrogen) atoms. The summed E-state index contributed by atoms with van der Waals surface area (Å²) >= 11 is 1.52. The van der Waals surface area contributed by atoms with E-state index >= 15 is 0 Å². The van der Waals surface area contributed by atoms with Crippen LogP contribution in [-0.2, 0) is 54.1 Å². The fourth-order valence-corrected chi connectivity index (χ4v) is 6.60. The summed E-state index contributed by atoms with van der Waals surface area (Å²) in [6.07, 6.45) is -0.785. The van der Waals surface area contributed by atoms with Crippen molar-refractivity contribution in [3.63, 3.8) is 0 Å². The van der Waals surface area contributed by atoms with Gasteiger partial charge in [-0.3, -0.25) is 14.4 Å². The zero-order chi connectivity index (χ0) is 42.0. The van der Waals surface area contributed by atoms with Gasteiger partial charge in [-0.05, 0) is 44.7 Å². The number of rotatable bonds is 24. The van der Waals surface area contributed by atoms with Crippen molar-refractivity contribution in [2.24, 2.45) is 5.41 Å². The zero-order valence-electron chi connectivity index (χ0n) is 34.7. The fraction of sp³-hybridized carbons (Fsp3) is 0.675. The number of hydrogen-bond donors (Lipinski definition) is 3. The number of likely N-dealkylation sites (tertiary alicyclic amines) is 1. The Hall–Kier alpha value is -3.71. The lowest BCUT2D eigenvalue weighted by Crippen LogP contribution is -2.57. The first-order valence-corrected chi connectivity index (χ1v) is 20.1. The van der Waals surface area contributed by atoms with Crippen LogP contribution in [0.3, 0.4) is 0 Å². The van der Waals surface area contributed by atoms with E-state index in [0.29, 0.717) is 58.6 Å². The van der Waals surface area contributed by atoms with Crippen molar-refractivity contribution in [2.45, 2.75) is 92.1 Å². The molecule has 1 saturated heterocycles. The van der Waals surface area contributed by atoms with Crippen LogP contribution in [0.2, 0.25) is 0 Å². The van der Waals surface area contributed by atoms with Crippen LogP contribution in [0.1, 0.15) is 66.1 Å². The van der Waals surface area contributed by atoms with Gasteiger partial charge in [0, 0.05) is 32.0 Å². The van der Waals surface area contributed by atoms with Crippen LogP contribution in [0.5, 0.6) is 5.75 Å². The van der Waals surface area contributed by atoms with Gasteiger partial charge in [0.25, 0.3) is 0 Å². The number of carbonyl (C=O) groups is 4. The van der Waals surface area contributed by atoms with E-state index in [2.05, 4.69) is 15.6 Å². The molecule has 1 aliphatic rings. The van der Waals surface area contributed by atoms with E-state index in [4.69, 9.17) is 33.2 Å². The number of aryl methyl sites for hydroxylation is 1. The van der Waals surface area contributed by atoms with Crippen LogP contribution < -0.4 is 15.4 Å². The number of amides is 3.